The van der Waals surface area contributed by atoms with E-state index in [9.17, 15) is 9.59 Å². The second kappa shape index (κ2) is 8.69. The summed E-state index contributed by atoms with van der Waals surface area (Å²) in [5, 5.41) is 0. The first-order valence-electron chi connectivity index (χ1n) is 4.87. The van der Waals surface area contributed by atoms with Crippen LogP contribution < -0.4 is 0 Å². The number of carbonyl (C=O) groups is 2. The Hall–Kier alpha value is -0.900. The Morgan fingerprint density at radius 3 is 1.79 bits per heavy atom. The fraction of sp³-hybridized carbons (Fsp3) is 0.800. The first-order valence-corrected chi connectivity index (χ1v) is 4.87. The monoisotopic (exact) mass is 202 g/mol. The van der Waals surface area contributed by atoms with Gasteiger partial charge in [0.25, 0.3) is 0 Å². The Labute approximate surface area is 84.6 Å². The predicted octanol–water partition coefficient (Wildman–Crippen LogP) is 1.67. The predicted molar refractivity (Wildman–Crippen MR) is 51.7 cm³/mol. The second-order valence-electron chi connectivity index (χ2n) is 3.17. The number of methoxy groups -OCH3 is 1. The van der Waals surface area contributed by atoms with Crippen molar-refractivity contribution in [3.63, 3.8) is 0 Å². The molecule has 1 rings (SSSR count). The summed E-state index contributed by atoms with van der Waals surface area (Å²) in [6.45, 7) is 0.979. The van der Waals surface area contributed by atoms with Gasteiger partial charge in [-0.25, -0.2) is 4.79 Å². The molecule has 0 saturated heterocycles. The topological polar surface area (TPSA) is 52.6 Å². The second-order valence-corrected chi connectivity index (χ2v) is 3.17. The van der Waals surface area contributed by atoms with Crippen LogP contribution in [0.2, 0.25) is 0 Å². The summed E-state index contributed by atoms with van der Waals surface area (Å²) in [7, 11) is 1.35. The highest BCUT2D eigenvalue weighted by molar-refractivity contribution is 5.84. The average molecular weight is 202 g/mol. The van der Waals surface area contributed by atoms with Gasteiger partial charge < -0.3 is 9.47 Å². The Morgan fingerprint density at radius 2 is 1.50 bits per heavy atom. The number of rotatable bonds is 2. The van der Waals surface area contributed by atoms with Crippen molar-refractivity contribution in [3.05, 3.63) is 0 Å². The third-order valence-electron chi connectivity index (χ3n) is 1.77. The molecular weight excluding hydrogens is 184 g/mol. The zero-order valence-electron chi connectivity index (χ0n) is 8.88. The minimum Gasteiger partial charge on any atom is -0.392 e. The van der Waals surface area contributed by atoms with E-state index in [0.717, 1.165) is 6.92 Å². The molecular formula is C10H18O4. The molecule has 1 aliphatic carbocycles. The summed E-state index contributed by atoms with van der Waals surface area (Å²) in [5.41, 5.74) is 0. The molecule has 0 spiro atoms. The normalized spacial score (nSPS) is 14.1. The highest BCUT2D eigenvalue weighted by atomic mass is 16.6. The van der Waals surface area contributed by atoms with Gasteiger partial charge in [0.15, 0.2) is 0 Å². The fourth-order valence-corrected chi connectivity index (χ4v) is 1.19. The van der Waals surface area contributed by atoms with Crippen molar-refractivity contribution in [2.75, 3.05) is 13.7 Å². The van der Waals surface area contributed by atoms with Crippen molar-refractivity contribution in [2.24, 2.45) is 0 Å². The summed E-state index contributed by atoms with van der Waals surface area (Å²) >= 11 is 0. The van der Waals surface area contributed by atoms with Crippen LogP contribution >= 0.6 is 0 Å². The van der Waals surface area contributed by atoms with Crippen molar-refractivity contribution >= 4 is 11.9 Å². The van der Waals surface area contributed by atoms with Gasteiger partial charge in [-0.3, -0.25) is 4.79 Å². The Morgan fingerprint density at radius 1 is 1.07 bits per heavy atom. The van der Waals surface area contributed by atoms with E-state index < -0.39 is 11.9 Å². The maximum atomic E-state index is 10.3. The molecule has 0 atom stereocenters. The number of ether oxygens (including phenoxy) is 2. The lowest BCUT2D eigenvalue weighted by molar-refractivity contribution is -0.160. The molecule has 0 aromatic carbocycles. The van der Waals surface area contributed by atoms with E-state index in [1.54, 1.807) is 0 Å². The highest BCUT2D eigenvalue weighted by Gasteiger charge is 2.02. The molecule has 4 nitrogen and oxygen atoms in total. The van der Waals surface area contributed by atoms with Crippen LogP contribution in [0.3, 0.4) is 0 Å². The van der Waals surface area contributed by atoms with E-state index in [4.69, 9.17) is 0 Å². The molecule has 0 aromatic heterocycles. The van der Waals surface area contributed by atoms with Crippen LogP contribution in [-0.2, 0) is 19.1 Å². The van der Waals surface area contributed by atoms with Crippen LogP contribution in [0.5, 0.6) is 0 Å². The first-order chi connectivity index (χ1) is 6.66. The van der Waals surface area contributed by atoms with Crippen molar-refractivity contribution in [3.8, 4) is 0 Å². The van der Waals surface area contributed by atoms with Gasteiger partial charge in [0, 0.05) is 14.0 Å². The molecule has 0 bridgehead atoms. The number of carbonyl (C=O) groups excluding carboxylic acids is 2. The molecule has 1 aliphatic rings. The van der Waals surface area contributed by atoms with Gasteiger partial charge >= 0.3 is 11.9 Å². The Bertz CT molecular complexity index is 165. The minimum atomic E-state index is -0.662. The summed E-state index contributed by atoms with van der Waals surface area (Å²) in [6, 6.07) is 0. The maximum absolute atomic E-state index is 10.3. The number of hydrogen-bond donors (Lipinski definition) is 0. The van der Waals surface area contributed by atoms with Crippen LogP contribution in [0.25, 0.3) is 0 Å². The van der Waals surface area contributed by atoms with Gasteiger partial charge in [-0.1, -0.05) is 32.1 Å². The molecule has 0 N–H and O–H groups in total. The van der Waals surface area contributed by atoms with Crippen LogP contribution in [0.15, 0.2) is 0 Å². The van der Waals surface area contributed by atoms with Gasteiger partial charge in [0.2, 0.25) is 0 Å². The van der Waals surface area contributed by atoms with E-state index in [0.29, 0.717) is 0 Å². The molecule has 1 fully saturated rings. The van der Waals surface area contributed by atoms with Gasteiger partial charge in [0.05, 0.1) is 0 Å². The fourth-order valence-electron chi connectivity index (χ4n) is 1.19. The smallest absolute Gasteiger partial charge is 0.339 e. The largest absolute Gasteiger partial charge is 0.392 e. The van der Waals surface area contributed by atoms with Crippen molar-refractivity contribution < 1.29 is 19.1 Å². The maximum Gasteiger partial charge on any atom is 0.339 e. The van der Waals surface area contributed by atoms with Gasteiger partial charge in [-0.15, -0.1) is 0 Å². The van der Waals surface area contributed by atoms with E-state index in [2.05, 4.69) is 9.47 Å². The Kier molecular flexibility index (Phi) is 8.13. The first kappa shape index (κ1) is 13.1. The summed E-state index contributed by atoms with van der Waals surface area (Å²) in [5.74, 6) is -1.28. The molecule has 82 valence electrons. The van der Waals surface area contributed by atoms with Crippen molar-refractivity contribution in [2.45, 2.75) is 39.0 Å². The number of hydrogen-bond acceptors (Lipinski definition) is 4. The zero-order valence-corrected chi connectivity index (χ0v) is 8.88. The summed E-state index contributed by atoms with van der Waals surface area (Å²) in [4.78, 5) is 20.3. The van der Waals surface area contributed by atoms with Crippen LogP contribution in [0, 0.1) is 0 Å². The summed E-state index contributed by atoms with van der Waals surface area (Å²) < 4.78 is 8.47. The van der Waals surface area contributed by atoms with Gasteiger partial charge in [-0.2, -0.15) is 0 Å². The molecule has 0 unspecified atom stereocenters. The lowest BCUT2D eigenvalue weighted by atomic mass is 10.4. The van der Waals surface area contributed by atoms with E-state index in [-0.39, 0.29) is 6.61 Å². The molecule has 14 heavy (non-hydrogen) atoms. The molecule has 0 amide bonds. The third kappa shape index (κ3) is 9.19. The molecule has 0 radical (unpaired) electrons. The lowest BCUT2D eigenvalue weighted by Crippen LogP contribution is -2.13. The molecule has 0 aliphatic heterocycles. The molecule has 1 saturated carbocycles. The van der Waals surface area contributed by atoms with Crippen LogP contribution in [0.4, 0.5) is 0 Å². The number of esters is 2. The summed E-state index contributed by atoms with van der Waals surface area (Å²) in [6.07, 6.45) is 7.50. The molecule has 0 heterocycles. The van der Waals surface area contributed by atoms with Crippen molar-refractivity contribution in [1.29, 1.82) is 0 Å². The quantitative estimate of drug-likeness (QED) is 0.505. The van der Waals surface area contributed by atoms with Crippen LogP contribution in [-0.4, -0.2) is 25.7 Å². The highest BCUT2D eigenvalue weighted by Crippen LogP contribution is 2.15. The molecule has 4 heteroatoms. The van der Waals surface area contributed by atoms with E-state index >= 15 is 0 Å². The third-order valence-corrected chi connectivity index (χ3v) is 1.77. The Balaban J connectivity index is 0.000000280. The van der Waals surface area contributed by atoms with Gasteiger partial charge in [0.1, 0.15) is 6.61 Å². The standard InChI is InChI=1S/C5H8O4.C5H10/c1-4(6)9-5(7)3-8-2;1-2-4-5-3-1/h3H2,1-2H3;1-5H2. The van der Waals surface area contributed by atoms with E-state index in [1.807, 2.05) is 0 Å². The zero-order chi connectivity index (χ0) is 10.8. The molecule has 0 aromatic rings. The average Bonchev–Trinajstić information content (AvgIpc) is 2.59. The van der Waals surface area contributed by atoms with E-state index in [1.165, 1.54) is 39.2 Å². The minimum absolute atomic E-state index is 0.181. The lowest BCUT2D eigenvalue weighted by Gasteiger charge is -1.95. The van der Waals surface area contributed by atoms with Crippen LogP contribution in [0.1, 0.15) is 39.0 Å². The SMILES string of the molecule is C1CCCC1.COCC(=O)OC(C)=O. The van der Waals surface area contributed by atoms with Crippen molar-refractivity contribution in [1.82, 2.24) is 0 Å². The van der Waals surface area contributed by atoms with Gasteiger partial charge in [-0.05, 0) is 0 Å².